The molecule has 1 saturated carbocycles. The van der Waals surface area contributed by atoms with Crippen molar-refractivity contribution in [1.29, 1.82) is 0 Å². The van der Waals surface area contributed by atoms with E-state index in [1.807, 2.05) is 6.92 Å². The van der Waals surface area contributed by atoms with Crippen molar-refractivity contribution in [3.05, 3.63) is 0 Å². The first-order valence-corrected chi connectivity index (χ1v) is 6.58. The van der Waals surface area contributed by atoms with Gasteiger partial charge in [-0.3, -0.25) is 4.79 Å². The average Bonchev–Trinajstić information content (AvgIpc) is 2.99. The van der Waals surface area contributed by atoms with Crippen molar-refractivity contribution in [2.75, 3.05) is 33.8 Å². The molecule has 17 heavy (non-hydrogen) atoms. The summed E-state index contributed by atoms with van der Waals surface area (Å²) in [6, 6.07) is -0.163. The monoisotopic (exact) mass is 242 g/mol. The number of nitrogens with one attached hydrogen (secondary N) is 1. The van der Waals surface area contributed by atoms with Gasteiger partial charge in [0.15, 0.2) is 0 Å². The molecule has 1 N–H and O–H groups in total. The number of methoxy groups -OCH3 is 1. The zero-order chi connectivity index (χ0) is 12.8. The third-order valence-electron chi connectivity index (χ3n) is 3.56. The van der Waals surface area contributed by atoms with Gasteiger partial charge in [-0.25, -0.2) is 0 Å². The molecule has 100 valence electrons. The topological polar surface area (TPSA) is 41.6 Å². The molecule has 0 saturated heterocycles. The Labute approximate surface area is 105 Å². The highest BCUT2D eigenvalue weighted by molar-refractivity contribution is 5.75. The predicted octanol–water partition coefficient (Wildman–Crippen LogP) is 1.12. The summed E-state index contributed by atoms with van der Waals surface area (Å²) < 4.78 is 4.79. The quantitative estimate of drug-likeness (QED) is 0.648. The van der Waals surface area contributed by atoms with Crippen LogP contribution in [0.2, 0.25) is 0 Å². The van der Waals surface area contributed by atoms with Gasteiger partial charge in [0.05, 0.1) is 7.11 Å². The summed E-state index contributed by atoms with van der Waals surface area (Å²) >= 11 is 0. The van der Waals surface area contributed by atoms with E-state index in [2.05, 4.69) is 24.2 Å². The Hall–Kier alpha value is -0.610. The van der Waals surface area contributed by atoms with Crippen LogP contribution in [-0.2, 0) is 9.53 Å². The van der Waals surface area contributed by atoms with Crippen LogP contribution in [0, 0.1) is 11.8 Å². The van der Waals surface area contributed by atoms with Crippen LogP contribution < -0.4 is 5.32 Å². The zero-order valence-electron chi connectivity index (χ0n) is 11.5. The standard InChI is InChI=1S/C13H26N2O2/c1-5-14-12(13(16)17-4)6-7-15(3)9-11-8-10(11)2/h10-12,14H,5-9H2,1-4H3. The zero-order valence-corrected chi connectivity index (χ0v) is 11.5. The van der Waals surface area contributed by atoms with Gasteiger partial charge in [-0.1, -0.05) is 13.8 Å². The van der Waals surface area contributed by atoms with Crippen molar-refractivity contribution in [3.63, 3.8) is 0 Å². The highest BCUT2D eigenvalue weighted by Gasteiger charge is 2.33. The number of likely N-dealkylation sites (N-methyl/N-ethyl adjacent to an activating group) is 1. The molecule has 0 bridgehead atoms. The summed E-state index contributed by atoms with van der Waals surface area (Å²) in [4.78, 5) is 13.8. The molecule has 0 aromatic carbocycles. The maximum Gasteiger partial charge on any atom is 0.322 e. The molecule has 1 fully saturated rings. The van der Waals surface area contributed by atoms with Gasteiger partial charge in [-0.15, -0.1) is 0 Å². The van der Waals surface area contributed by atoms with Gasteiger partial charge in [0.1, 0.15) is 6.04 Å². The molecule has 0 aromatic rings. The van der Waals surface area contributed by atoms with Crippen molar-refractivity contribution >= 4 is 5.97 Å². The van der Waals surface area contributed by atoms with Crippen molar-refractivity contribution in [1.82, 2.24) is 10.2 Å². The predicted molar refractivity (Wildman–Crippen MR) is 68.9 cm³/mol. The second kappa shape index (κ2) is 6.97. The maximum atomic E-state index is 11.5. The first-order valence-electron chi connectivity index (χ1n) is 6.58. The second-order valence-electron chi connectivity index (χ2n) is 5.16. The molecule has 0 amide bonds. The van der Waals surface area contributed by atoms with Crippen LogP contribution in [0.4, 0.5) is 0 Å². The molecule has 4 nitrogen and oxygen atoms in total. The van der Waals surface area contributed by atoms with Gasteiger partial charge in [-0.05, 0) is 44.8 Å². The molecule has 0 aliphatic heterocycles. The number of hydrogen-bond donors (Lipinski definition) is 1. The van der Waals surface area contributed by atoms with E-state index >= 15 is 0 Å². The number of ether oxygens (including phenoxy) is 1. The van der Waals surface area contributed by atoms with Crippen molar-refractivity contribution in [3.8, 4) is 0 Å². The largest absolute Gasteiger partial charge is 0.468 e. The fourth-order valence-corrected chi connectivity index (χ4v) is 2.19. The Bertz CT molecular complexity index is 246. The number of carbonyl (C=O) groups excluding carboxylic acids is 1. The van der Waals surface area contributed by atoms with Gasteiger partial charge in [0.2, 0.25) is 0 Å². The molecule has 0 heterocycles. The molecular formula is C13H26N2O2. The Morgan fingerprint density at radius 2 is 2.24 bits per heavy atom. The molecule has 0 aromatic heterocycles. The summed E-state index contributed by atoms with van der Waals surface area (Å²) in [5.74, 6) is 1.61. The number of hydrogen-bond acceptors (Lipinski definition) is 4. The number of rotatable bonds is 8. The number of nitrogens with zero attached hydrogens (tertiary/aromatic N) is 1. The van der Waals surface area contributed by atoms with Gasteiger partial charge >= 0.3 is 5.97 Å². The summed E-state index contributed by atoms with van der Waals surface area (Å²) in [7, 11) is 3.58. The molecule has 3 unspecified atom stereocenters. The van der Waals surface area contributed by atoms with Crippen LogP contribution in [0.3, 0.4) is 0 Å². The lowest BCUT2D eigenvalue weighted by Crippen LogP contribution is -2.40. The normalized spacial score (nSPS) is 24.8. The minimum Gasteiger partial charge on any atom is -0.468 e. The number of carbonyl (C=O) groups is 1. The first kappa shape index (κ1) is 14.5. The van der Waals surface area contributed by atoms with Crippen LogP contribution in [0.5, 0.6) is 0 Å². The molecule has 0 radical (unpaired) electrons. The average molecular weight is 242 g/mol. The van der Waals surface area contributed by atoms with Crippen molar-refractivity contribution in [2.24, 2.45) is 11.8 Å². The molecule has 4 heteroatoms. The molecule has 3 atom stereocenters. The summed E-state index contributed by atoms with van der Waals surface area (Å²) in [6.45, 7) is 7.19. The Balaban J connectivity index is 2.22. The summed E-state index contributed by atoms with van der Waals surface area (Å²) in [6.07, 6.45) is 2.18. The van der Waals surface area contributed by atoms with Gasteiger partial charge in [-0.2, -0.15) is 0 Å². The van der Waals surface area contributed by atoms with Crippen molar-refractivity contribution < 1.29 is 9.53 Å². The van der Waals surface area contributed by atoms with Gasteiger partial charge in [0.25, 0.3) is 0 Å². The lowest BCUT2D eigenvalue weighted by Gasteiger charge is -2.20. The molecular weight excluding hydrogens is 216 g/mol. The van der Waals surface area contributed by atoms with E-state index < -0.39 is 0 Å². The van der Waals surface area contributed by atoms with E-state index in [1.54, 1.807) is 0 Å². The van der Waals surface area contributed by atoms with Gasteiger partial charge in [0, 0.05) is 6.54 Å². The molecule has 1 aliphatic carbocycles. The Kier molecular flexibility index (Phi) is 5.92. The summed E-state index contributed by atoms with van der Waals surface area (Å²) in [5.41, 5.74) is 0. The van der Waals surface area contributed by atoms with E-state index in [-0.39, 0.29) is 12.0 Å². The van der Waals surface area contributed by atoms with Crippen LogP contribution >= 0.6 is 0 Å². The Morgan fingerprint density at radius 3 is 2.71 bits per heavy atom. The maximum absolute atomic E-state index is 11.5. The summed E-state index contributed by atoms with van der Waals surface area (Å²) in [5, 5.41) is 3.17. The molecule has 1 aliphatic rings. The Morgan fingerprint density at radius 1 is 1.59 bits per heavy atom. The van der Waals surface area contributed by atoms with Crippen LogP contribution in [0.1, 0.15) is 26.7 Å². The third kappa shape index (κ3) is 5.04. The first-order chi connectivity index (χ1) is 8.08. The van der Waals surface area contributed by atoms with E-state index in [9.17, 15) is 4.79 Å². The molecule has 1 rings (SSSR count). The van der Waals surface area contributed by atoms with E-state index in [0.29, 0.717) is 0 Å². The van der Waals surface area contributed by atoms with E-state index in [0.717, 1.165) is 37.9 Å². The fourth-order valence-electron chi connectivity index (χ4n) is 2.19. The fraction of sp³-hybridized carbons (Fsp3) is 0.923. The van der Waals surface area contributed by atoms with Crippen molar-refractivity contribution in [2.45, 2.75) is 32.7 Å². The SMILES string of the molecule is CCNC(CCN(C)CC1CC1C)C(=O)OC. The van der Waals surface area contributed by atoms with E-state index in [1.165, 1.54) is 13.5 Å². The van der Waals surface area contributed by atoms with Crippen LogP contribution in [0.25, 0.3) is 0 Å². The van der Waals surface area contributed by atoms with E-state index in [4.69, 9.17) is 4.74 Å². The lowest BCUT2D eigenvalue weighted by molar-refractivity contribution is -0.143. The lowest BCUT2D eigenvalue weighted by atomic mass is 10.2. The molecule has 0 spiro atoms. The van der Waals surface area contributed by atoms with Crippen LogP contribution in [-0.4, -0.2) is 50.7 Å². The minimum atomic E-state index is -0.163. The smallest absolute Gasteiger partial charge is 0.322 e. The second-order valence-corrected chi connectivity index (χ2v) is 5.16. The minimum absolute atomic E-state index is 0.153. The van der Waals surface area contributed by atoms with Crippen LogP contribution in [0.15, 0.2) is 0 Å². The highest BCUT2D eigenvalue weighted by atomic mass is 16.5. The van der Waals surface area contributed by atoms with Gasteiger partial charge < -0.3 is 15.0 Å². The number of esters is 1. The highest BCUT2D eigenvalue weighted by Crippen LogP contribution is 2.37. The third-order valence-corrected chi connectivity index (χ3v) is 3.56.